The molecule has 36 nitrogen and oxygen atoms in total. The molecule has 2 aliphatic heterocycles. The molecule has 16 aromatic heterocycles. The van der Waals surface area contributed by atoms with E-state index in [1.165, 1.54) is 24.8 Å². The molecule has 1 unspecified atom stereocenters. The lowest BCUT2D eigenvalue weighted by Crippen LogP contribution is -2.48. The molecule has 0 bridgehead atoms. The molecule has 4 amide bonds. The maximum atomic E-state index is 13.7. The maximum absolute atomic E-state index is 13.7. The molecule has 8 atom stereocenters. The van der Waals surface area contributed by atoms with E-state index in [0.29, 0.717) is 169 Å². The van der Waals surface area contributed by atoms with Crippen molar-refractivity contribution in [3.8, 4) is 45.0 Å². The van der Waals surface area contributed by atoms with Gasteiger partial charge in [-0.05, 0) is 140 Å². The average Bonchev–Trinajstić information content (AvgIpc) is 1.61. The lowest BCUT2D eigenvalue weighted by molar-refractivity contribution is 0.0498. The molecule has 680 valence electrons. The number of anilines is 4. The molecule has 0 aromatic carbocycles. The summed E-state index contributed by atoms with van der Waals surface area (Å²) in [4.78, 5) is 93.8. The molecular formula is C92H98F4N30O6. The van der Waals surface area contributed by atoms with Gasteiger partial charge in [-0.3, -0.25) is 19.2 Å². The van der Waals surface area contributed by atoms with Gasteiger partial charge in [-0.25, -0.2) is 57.4 Å². The topological polar surface area (TPSA) is 403 Å². The summed E-state index contributed by atoms with van der Waals surface area (Å²) in [6.45, 7) is 3.88. The van der Waals surface area contributed by atoms with Crippen molar-refractivity contribution in [3.63, 3.8) is 0 Å². The van der Waals surface area contributed by atoms with Gasteiger partial charge < -0.3 is 80.8 Å². The number of fused-ring (bicyclic) bond motifs is 8. The van der Waals surface area contributed by atoms with Crippen LogP contribution in [0, 0.1) is 0 Å². The Hall–Kier alpha value is -14.1. The van der Waals surface area contributed by atoms with Gasteiger partial charge in [0.05, 0.1) is 96.0 Å². The van der Waals surface area contributed by atoms with Crippen molar-refractivity contribution < 1.29 is 47.0 Å². The van der Waals surface area contributed by atoms with Crippen LogP contribution in [0.4, 0.5) is 40.8 Å². The van der Waals surface area contributed by atoms with E-state index in [4.69, 9.17) is 19.9 Å². The fraction of sp³-hybridized carbons (Fsp3) is 0.391. The van der Waals surface area contributed by atoms with Gasteiger partial charge >= 0.3 is 0 Å². The van der Waals surface area contributed by atoms with E-state index in [2.05, 4.69) is 137 Å². The van der Waals surface area contributed by atoms with Gasteiger partial charge in [0.1, 0.15) is 92.8 Å². The van der Waals surface area contributed by atoms with Gasteiger partial charge in [-0.2, -0.15) is 38.5 Å². The molecule has 24 rings (SSSR count). The molecule has 8 fully saturated rings. The van der Waals surface area contributed by atoms with E-state index < -0.39 is 48.9 Å². The number of rotatable bonds is 20. The Bertz CT molecular complexity index is 6330. The molecule has 132 heavy (non-hydrogen) atoms. The highest BCUT2D eigenvalue weighted by molar-refractivity contribution is 6.05. The van der Waals surface area contributed by atoms with Gasteiger partial charge in [0.15, 0.2) is 22.6 Å². The van der Waals surface area contributed by atoms with Crippen LogP contribution < -0.4 is 42.5 Å². The molecular weight excluding hydrogens is 1700 g/mol. The first kappa shape index (κ1) is 84.7. The van der Waals surface area contributed by atoms with Crippen LogP contribution in [-0.2, 0) is 0 Å². The van der Waals surface area contributed by atoms with Crippen molar-refractivity contribution in [2.45, 2.75) is 162 Å². The molecule has 18 heterocycles. The minimum atomic E-state index is -1.00. The SMILES string of the molecule is CNc1cc(-c2cn(C3CC(O)C3)c3ncccc23)nc2c(C(=O)N[C@@H]3CC[C@H]3F)cnn12.CNc1cc(-c2cn(C3CC(O)C3)c3ncccc23)nc2c(C(=O)N[C@H]3CC[C@@H]3F)cnn12.CNc1cc(-c2cn(C3CN(C)C3)c3ncccc23)nc2c(C(=O)NC3CC[C@@H]3F)cnn12.CNc1cc(-c2cn(C3CN(C)C3)c3ncccc23)nc2c(C(=O)N[C@H]3CC[C@@H]3F)cnn12. The number of likely N-dealkylation sites (N-methyl/N-ethyl adjacent to an activating group) is 2. The van der Waals surface area contributed by atoms with Gasteiger partial charge in [0, 0.05) is 184 Å². The molecule has 0 spiro atoms. The van der Waals surface area contributed by atoms with Crippen LogP contribution in [0.3, 0.4) is 0 Å². The van der Waals surface area contributed by atoms with Crippen LogP contribution >= 0.6 is 0 Å². The summed E-state index contributed by atoms with van der Waals surface area (Å²) >= 11 is 0. The first-order valence-corrected chi connectivity index (χ1v) is 44.8. The van der Waals surface area contributed by atoms with E-state index in [0.717, 1.165) is 104 Å². The zero-order chi connectivity index (χ0) is 90.8. The largest absolute Gasteiger partial charge is 0.393 e. The number of hydrogen-bond acceptors (Lipinski definition) is 24. The number of hydrogen-bond donors (Lipinski definition) is 10. The first-order valence-electron chi connectivity index (χ1n) is 44.8. The van der Waals surface area contributed by atoms with Crippen molar-refractivity contribution in [1.82, 2.24) is 128 Å². The van der Waals surface area contributed by atoms with E-state index in [9.17, 15) is 47.0 Å². The number of amides is 4. The Morgan fingerprint density at radius 1 is 0.341 bits per heavy atom. The number of aromatic nitrogens is 20. The number of nitrogens with one attached hydrogen (secondary N) is 8. The number of alkyl halides is 4. The summed E-state index contributed by atoms with van der Waals surface area (Å²) in [6.07, 6.45) is 24.0. The highest BCUT2D eigenvalue weighted by atomic mass is 19.1. The van der Waals surface area contributed by atoms with E-state index in [-0.39, 0.29) is 47.9 Å². The molecule has 2 saturated heterocycles. The Morgan fingerprint density at radius 3 is 0.773 bits per heavy atom. The lowest BCUT2D eigenvalue weighted by Gasteiger charge is -2.37. The molecule has 40 heteroatoms. The monoisotopic (exact) mass is 1790 g/mol. The van der Waals surface area contributed by atoms with Crippen LogP contribution in [0.1, 0.15) is 143 Å². The predicted octanol–water partition coefficient (Wildman–Crippen LogP) is 10.4. The summed E-state index contributed by atoms with van der Waals surface area (Å²) in [5.41, 5.74) is 12.9. The summed E-state index contributed by atoms with van der Waals surface area (Å²) in [5.74, 6) is 1.28. The highest BCUT2D eigenvalue weighted by Gasteiger charge is 2.40. The van der Waals surface area contributed by atoms with Gasteiger partial charge in [-0.15, -0.1) is 0 Å². The predicted molar refractivity (Wildman–Crippen MR) is 488 cm³/mol. The smallest absolute Gasteiger partial charge is 0.257 e. The van der Waals surface area contributed by atoms with Crippen molar-refractivity contribution in [3.05, 3.63) is 169 Å². The summed E-state index contributed by atoms with van der Waals surface area (Å²) in [6, 6.07) is 22.6. The van der Waals surface area contributed by atoms with E-state index in [1.807, 2.05) is 85.2 Å². The Balaban J connectivity index is 0.000000106. The molecule has 6 saturated carbocycles. The van der Waals surface area contributed by atoms with Crippen molar-refractivity contribution in [2.24, 2.45) is 0 Å². The second-order valence-electron chi connectivity index (χ2n) is 35.6. The fourth-order valence-electron chi connectivity index (χ4n) is 18.7. The van der Waals surface area contributed by atoms with Crippen molar-refractivity contribution in [1.29, 1.82) is 0 Å². The van der Waals surface area contributed by atoms with Crippen LogP contribution in [0.2, 0.25) is 0 Å². The zero-order valence-electron chi connectivity index (χ0n) is 73.1. The van der Waals surface area contributed by atoms with Crippen molar-refractivity contribution in [2.75, 3.05) is 89.7 Å². The normalized spacial score (nSPS) is 22.8. The molecule has 0 radical (unpaired) electrons. The number of carbonyl (C=O) groups excluding carboxylic acids is 4. The highest BCUT2D eigenvalue weighted by Crippen LogP contribution is 2.44. The van der Waals surface area contributed by atoms with Gasteiger partial charge in [0.25, 0.3) is 23.6 Å². The molecule has 8 aliphatic rings. The number of aliphatic hydroxyl groups excluding tert-OH is 2. The molecule has 10 N–H and O–H groups in total. The Morgan fingerprint density at radius 2 is 0.576 bits per heavy atom. The molecule has 6 aliphatic carbocycles. The number of pyridine rings is 4. The average molecular weight is 1800 g/mol. The number of aliphatic hydroxyl groups is 2. The third kappa shape index (κ3) is 15.1. The van der Waals surface area contributed by atoms with E-state index >= 15 is 0 Å². The summed E-state index contributed by atoms with van der Waals surface area (Å²) < 4.78 is 69.8. The minimum absolute atomic E-state index is 0.186. The first-order chi connectivity index (χ1) is 64.1. The van der Waals surface area contributed by atoms with Crippen molar-refractivity contribution >= 4 is 114 Å². The van der Waals surface area contributed by atoms with Gasteiger partial charge in [0.2, 0.25) is 0 Å². The zero-order valence-corrected chi connectivity index (χ0v) is 73.1. The second-order valence-corrected chi connectivity index (χ2v) is 35.6. The lowest BCUT2D eigenvalue weighted by atomic mass is 9.89. The standard InChI is InChI=1S/2C23H25FN8O.2C23H24FN7O2/c2*1-25-20-8-19(16-12-31(13-10-30(2)11-13)21-14(16)4-3-7-26-21)28-22-15(9-27-32(20)22)23(33)29-18-6-5-17(18)24;2*1-25-20-9-19(16-11-30(12-7-13(32)8-12)21-14(16)3-2-6-26-21)28-22-15(10-27-31(20)22)23(33)29-18-5-4-17(18)24/h2*3-4,7-9,12-13,17-18,25H,5-6,10-11H2,1-2H3,(H,29,33);2*2-3,6,9-13,17-18,25,32H,4-5,7-8H2,1H3,(H,29,33)/t17-,18?;17-,18-;2*12?,13?,17-,18-/m0010/s1. The van der Waals surface area contributed by atoms with Gasteiger partial charge in [-0.1, -0.05) is 0 Å². The quantitative estimate of drug-likeness (QED) is 0.0317. The number of likely N-dealkylation sites (tertiary alicyclic amines) is 2. The minimum Gasteiger partial charge on any atom is -0.393 e. The number of carbonyl (C=O) groups is 4. The Labute approximate surface area is 751 Å². The second kappa shape index (κ2) is 34.3. The number of nitrogens with zero attached hydrogens (tertiary/aromatic N) is 22. The molecule has 16 aromatic rings. The van der Waals surface area contributed by atoms with Crippen LogP contribution in [0.25, 0.3) is 112 Å². The van der Waals surface area contributed by atoms with Crippen LogP contribution in [0.5, 0.6) is 0 Å². The summed E-state index contributed by atoms with van der Waals surface area (Å²) in [5, 5.41) is 64.5. The maximum Gasteiger partial charge on any atom is 0.257 e. The third-order valence-electron chi connectivity index (χ3n) is 27.2. The number of halogens is 4. The van der Waals surface area contributed by atoms with E-state index in [1.54, 1.807) is 71.0 Å². The summed E-state index contributed by atoms with van der Waals surface area (Å²) in [7, 11) is 11.4. The fourth-order valence-corrected chi connectivity index (χ4v) is 18.7. The Kier molecular flexibility index (Phi) is 22.0. The van der Waals surface area contributed by atoms with Crippen LogP contribution in [0.15, 0.2) is 147 Å². The third-order valence-corrected chi connectivity index (χ3v) is 27.2. The van der Waals surface area contributed by atoms with Crippen LogP contribution in [-0.4, -0.2) is 270 Å².